The summed E-state index contributed by atoms with van der Waals surface area (Å²) in [6, 6.07) is 3.55. The van der Waals surface area contributed by atoms with Crippen molar-refractivity contribution in [3.05, 3.63) is 36.8 Å². The summed E-state index contributed by atoms with van der Waals surface area (Å²) in [5.41, 5.74) is 0. The van der Waals surface area contributed by atoms with Crippen molar-refractivity contribution in [2.45, 2.75) is 38.9 Å². The SMILES string of the molecule is CC(C(=O)NCc1ccco1)N1CCCC(Cn2cncn2)C1. The van der Waals surface area contributed by atoms with Gasteiger partial charge in [-0.3, -0.25) is 14.4 Å². The van der Waals surface area contributed by atoms with Gasteiger partial charge in [0.1, 0.15) is 18.4 Å². The van der Waals surface area contributed by atoms with Crippen LogP contribution in [0.5, 0.6) is 0 Å². The molecule has 0 spiro atoms. The molecule has 2 unspecified atom stereocenters. The molecular weight excluding hydrogens is 294 g/mol. The molecule has 0 saturated carbocycles. The summed E-state index contributed by atoms with van der Waals surface area (Å²) in [5.74, 6) is 1.32. The van der Waals surface area contributed by atoms with E-state index >= 15 is 0 Å². The molecule has 0 bridgehead atoms. The van der Waals surface area contributed by atoms with Gasteiger partial charge in [0.15, 0.2) is 0 Å². The molecule has 1 fully saturated rings. The number of nitrogens with one attached hydrogen (secondary N) is 1. The largest absolute Gasteiger partial charge is 0.467 e. The zero-order chi connectivity index (χ0) is 16.1. The second kappa shape index (κ2) is 7.41. The Labute approximate surface area is 135 Å². The summed E-state index contributed by atoms with van der Waals surface area (Å²) in [7, 11) is 0. The Bertz CT molecular complexity index is 596. The molecule has 0 aliphatic carbocycles. The molecule has 1 aliphatic heterocycles. The lowest BCUT2D eigenvalue weighted by Gasteiger charge is -2.36. The maximum atomic E-state index is 12.3. The lowest BCUT2D eigenvalue weighted by molar-refractivity contribution is -0.126. The highest BCUT2D eigenvalue weighted by molar-refractivity contribution is 5.81. The molecule has 0 radical (unpaired) electrons. The van der Waals surface area contributed by atoms with Gasteiger partial charge in [0, 0.05) is 13.1 Å². The summed E-state index contributed by atoms with van der Waals surface area (Å²) in [6.45, 7) is 5.14. The van der Waals surface area contributed by atoms with E-state index in [1.807, 2.05) is 23.7 Å². The average molecular weight is 317 g/mol. The van der Waals surface area contributed by atoms with Crippen molar-refractivity contribution in [3.8, 4) is 0 Å². The third-order valence-corrected chi connectivity index (χ3v) is 4.41. The smallest absolute Gasteiger partial charge is 0.237 e. The second-order valence-electron chi connectivity index (χ2n) is 6.09. The fourth-order valence-corrected chi connectivity index (χ4v) is 3.09. The Morgan fingerprint density at radius 2 is 2.48 bits per heavy atom. The Balaban J connectivity index is 1.49. The number of piperidine rings is 1. The van der Waals surface area contributed by atoms with E-state index in [0.29, 0.717) is 12.5 Å². The van der Waals surface area contributed by atoms with Crippen molar-refractivity contribution in [2.24, 2.45) is 5.92 Å². The van der Waals surface area contributed by atoms with Gasteiger partial charge in [-0.15, -0.1) is 0 Å². The van der Waals surface area contributed by atoms with E-state index in [1.54, 1.807) is 18.9 Å². The lowest BCUT2D eigenvalue weighted by Crippen LogP contribution is -2.49. The molecule has 1 saturated heterocycles. The molecule has 7 nitrogen and oxygen atoms in total. The summed E-state index contributed by atoms with van der Waals surface area (Å²) < 4.78 is 7.11. The summed E-state index contributed by atoms with van der Waals surface area (Å²) in [4.78, 5) is 18.6. The first-order valence-electron chi connectivity index (χ1n) is 8.09. The number of aromatic nitrogens is 3. The first-order valence-corrected chi connectivity index (χ1v) is 8.09. The van der Waals surface area contributed by atoms with Crippen molar-refractivity contribution in [2.75, 3.05) is 13.1 Å². The van der Waals surface area contributed by atoms with Gasteiger partial charge in [-0.1, -0.05) is 0 Å². The van der Waals surface area contributed by atoms with Crippen LogP contribution < -0.4 is 5.32 Å². The number of hydrogen-bond acceptors (Lipinski definition) is 5. The molecule has 1 N–H and O–H groups in total. The second-order valence-corrected chi connectivity index (χ2v) is 6.09. The van der Waals surface area contributed by atoms with Crippen LogP contribution in [0.2, 0.25) is 0 Å². The van der Waals surface area contributed by atoms with E-state index in [-0.39, 0.29) is 11.9 Å². The fraction of sp³-hybridized carbons (Fsp3) is 0.562. The Hall–Kier alpha value is -2.15. The first-order chi connectivity index (χ1) is 11.2. The van der Waals surface area contributed by atoms with Gasteiger partial charge < -0.3 is 9.73 Å². The van der Waals surface area contributed by atoms with Crippen LogP contribution in [0.15, 0.2) is 35.5 Å². The number of carbonyl (C=O) groups excluding carboxylic acids is 1. The monoisotopic (exact) mass is 317 g/mol. The van der Waals surface area contributed by atoms with E-state index in [2.05, 4.69) is 20.3 Å². The molecule has 1 aliphatic rings. The van der Waals surface area contributed by atoms with E-state index in [4.69, 9.17) is 4.42 Å². The lowest BCUT2D eigenvalue weighted by atomic mass is 9.96. The van der Waals surface area contributed by atoms with Gasteiger partial charge in [0.05, 0.1) is 18.8 Å². The minimum atomic E-state index is -0.136. The van der Waals surface area contributed by atoms with Gasteiger partial charge in [0.2, 0.25) is 5.91 Å². The average Bonchev–Trinajstić information content (AvgIpc) is 3.25. The van der Waals surface area contributed by atoms with E-state index < -0.39 is 0 Å². The maximum Gasteiger partial charge on any atom is 0.237 e. The van der Waals surface area contributed by atoms with Gasteiger partial charge in [-0.05, 0) is 44.4 Å². The van der Waals surface area contributed by atoms with Gasteiger partial charge >= 0.3 is 0 Å². The van der Waals surface area contributed by atoms with Crippen LogP contribution in [-0.2, 0) is 17.9 Å². The molecule has 2 aromatic heterocycles. The normalized spacial score (nSPS) is 20.3. The minimum absolute atomic E-state index is 0.0443. The third kappa shape index (κ3) is 4.19. The zero-order valence-corrected chi connectivity index (χ0v) is 13.4. The van der Waals surface area contributed by atoms with Crippen molar-refractivity contribution in [3.63, 3.8) is 0 Å². The van der Waals surface area contributed by atoms with Crippen molar-refractivity contribution >= 4 is 5.91 Å². The number of carbonyl (C=O) groups is 1. The van der Waals surface area contributed by atoms with Gasteiger partial charge in [-0.2, -0.15) is 5.10 Å². The van der Waals surface area contributed by atoms with Crippen LogP contribution in [-0.4, -0.2) is 44.7 Å². The number of likely N-dealkylation sites (tertiary alicyclic amines) is 1. The molecule has 1 amide bonds. The first kappa shape index (κ1) is 15.7. The topological polar surface area (TPSA) is 76.2 Å². The van der Waals surface area contributed by atoms with Crippen molar-refractivity contribution in [1.82, 2.24) is 25.0 Å². The number of amides is 1. The maximum absolute atomic E-state index is 12.3. The van der Waals surface area contributed by atoms with E-state index in [0.717, 1.165) is 38.2 Å². The Morgan fingerprint density at radius 3 is 3.22 bits per heavy atom. The highest BCUT2D eigenvalue weighted by Crippen LogP contribution is 2.20. The molecule has 23 heavy (non-hydrogen) atoms. The van der Waals surface area contributed by atoms with Crippen molar-refractivity contribution < 1.29 is 9.21 Å². The molecule has 2 aromatic rings. The number of rotatable bonds is 6. The number of furan rings is 1. The summed E-state index contributed by atoms with van der Waals surface area (Å²) in [6.07, 6.45) is 7.19. The number of nitrogens with zero attached hydrogens (tertiary/aromatic N) is 4. The Morgan fingerprint density at radius 1 is 1.57 bits per heavy atom. The van der Waals surface area contributed by atoms with E-state index in [1.165, 1.54) is 0 Å². The summed E-state index contributed by atoms with van der Waals surface area (Å²) >= 11 is 0. The Kier molecular flexibility index (Phi) is 5.07. The fourth-order valence-electron chi connectivity index (χ4n) is 3.09. The van der Waals surface area contributed by atoms with E-state index in [9.17, 15) is 4.79 Å². The molecule has 0 aromatic carbocycles. The van der Waals surface area contributed by atoms with Crippen LogP contribution >= 0.6 is 0 Å². The minimum Gasteiger partial charge on any atom is -0.467 e. The quantitative estimate of drug-likeness (QED) is 0.869. The molecular formula is C16H23N5O2. The molecule has 3 heterocycles. The highest BCUT2D eigenvalue weighted by Gasteiger charge is 2.27. The third-order valence-electron chi connectivity index (χ3n) is 4.41. The molecule has 2 atom stereocenters. The summed E-state index contributed by atoms with van der Waals surface area (Å²) in [5, 5.41) is 7.11. The molecule has 3 rings (SSSR count). The molecule has 124 valence electrons. The molecule has 7 heteroatoms. The predicted octanol–water partition coefficient (Wildman–Crippen LogP) is 1.29. The zero-order valence-electron chi connectivity index (χ0n) is 13.4. The van der Waals surface area contributed by atoms with Crippen LogP contribution in [0.3, 0.4) is 0 Å². The predicted molar refractivity (Wildman–Crippen MR) is 84.3 cm³/mol. The van der Waals surface area contributed by atoms with Gasteiger partial charge in [0.25, 0.3) is 0 Å². The van der Waals surface area contributed by atoms with Crippen LogP contribution in [0, 0.1) is 5.92 Å². The van der Waals surface area contributed by atoms with Crippen LogP contribution in [0.25, 0.3) is 0 Å². The number of hydrogen-bond donors (Lipinski definition) is 1. The highest BCUT2D eigenvalue weighted by atomic mass is 16.3. The van der Waals surface area contributed by atoms with Crippen molar-refractivity contribution in [1.29, 1.82) is 0 Å². The van der Waals surface area contributed by atoms with Crippen LogP contribution in [0.1, 0.15) is 25.5 Å². The van der Waals surface area contributed by atoms with Gasteiger partial charge in [-0.25, -0.2) is 4.98 Å². The standard InChI is InChI=1S/C16H23N5O2/c1-13(16(22)18-8-15-5-3-7-23-15)20-6-2-4-14(9-20)10-21-12-17-11-19-21/h3,5,7,11-14H,2,4,6,8-10H2,1H3,(H,18,22). The van der Waals surface area contributed by atoms with Crippen LogP contribution in [0.4, 0.5) is 0 Å².